The average molecular weight is 513 g/mol. The highest BCUT2D eigenvalue weighted by Crippen LogP contribution is 2.26. The fourth-order valence-electron chi connectivity index (χ4n) is 4.40. The van der Waals surface area contributed by atoms with Crippen LogP contribution in [0.3, 0.4) is 0 Å². The lowest BCUT2D eigenvalue weighted by atomic mass is 10.0. The van der Waals surface area contributed by atoms with Crippen LogP contribution in [0.2, 0.25) is 0 Å². The van der Waals surface area contributed by atoms with Gasteiger partial charge in [0.05, 0.1) is 17.7 Å². The molecule has 1 N–H and O–H groups in total. The fraction of sp³-hybridized carbons (Fsp3) is 0.250. The van der Waals surface area contributed by atoms with Gasteiger partial charge in [0.1, 0.15) is 11.9 Å². The minimum Gasteiger partial charge on any atom is -0.490 e. The number of carbonyl (C=O) groups is 1. The first-order valence-electron chi connectivity index (χ1n) is 12.4. The quantitative estimate of drug-likeness (QED) is 0.270. The van der Waals surface area contributed by atoms with E-state index >= 15 is 0 Å². The lowest BCUT2D eigenvalue weighted by molar-refractivity contribution is -0.384. The number of nitro groups is 1. The summed E-state index contributed by atoms with van der Waals surface area (Å²) in [6.07, 6.45) is 3.86. The summed E-state index contributed by atoms with van der Waals surface area (Å²) in [5, 5.41) is 21.7. The zero-order valence-corrected chi connectivity index (χ0v) is 21.0. The topological polar surface area (TPSA) is 115 Å². The van der Waals surface area contributed by atoms with Gasteiger partial charge >= 0.3 is 0 Å². The standard InChI is InChI=1S/C28H28N6O4/c1-32-15-13-26(14-16-32)38-25-11-7-22(8-12-25)21-5-9-23(10-6-21)29-28(35)27-19-33(31-30-27)18-20-3-2-4-24(17-20)34(36)37/h2-12,17,19,26H,13-16,18H2,1H3,(H,29,35). The van der Waals surface area contributed by atoms with Crippen LogP contribution in [0.5, 0.6) is 5.75 Å². The smallest absolute Gasteiger partial charge is 0.277 e. The Bertz CT molecular complexity index is 1410. The highest BCUT2D eigenvalue weighted by molar-refractivity contribution is 6.02. The summed E-state index contributed by atoms with van der Waals surface area (Å²) in [5.74, 6) is 0.490. The number of aromatic nitrogens is 3. The number of rotatable bonds is 8. The maximum Gasteiger partial charge on any atom is 0.277 e. The van der Waals surface area contributed by atoms with Crippen LogP contribution >= 0.6 is 0 Å². The molecule has 4 aromatic rings. The van der Waals surface area contributed by atoms with Crippen molar-refractivity contribution in [2.24, 2.45) is 0 Å². The summed E-state index contributed by atoms with van der Waals surface area (Å²) in [7, 11) is 2.14. The van der Waals surface area contributed by atoms with Crippen LogP contribution in [0.15, 0.2) is 79.0 Å². The lowest BCUT2D eigenvalue weighted by Gasteiger charge is -2.29. The van der Waals surface area contributed by atoms with Crippen molar-refractivity contribution < 1.29 is 14.5 Å². The molecule has 0 aliphatic carbocycles. The Morgan fingerprint density at radius 3 is 2.42 bits per heavy atom. The molecule has 0 atom stereocenters. The van der Waals surface area contributed by atoms with Gasteiger partial charge in [0, 0.05) is 30.9 Å². The second-order valence-electron chi connectivity index (χ2n) is 9.40. The Morgan fingerprint density at radius 1 is 1.05 bits per heavy atom. The first-order valence-corrected chi connectivity index (χ1v) is 12.4. The largest absolute Gasteiger partial charge is 0.490 e. The molecule has 0 spiro atoms. The molecule has 0 saturated carbocycles. The number of benzene rings is 3. The van der Waals surface area contributed by atoms with Crippen molar-refractivity contribution in [3.8, 4) is 16.9 Å². The number of ether oxygens (including phenoxy) is 1. The molecule has 1 amide bonds. The van der Waals surface area contributed by atoms with E-state index in [1.54, 1.807) is 12.1 Å². The monoisotopic (exact) mass is 512 g/mol. The van der Waals surface area contributed by atoms with Gasteiger partial charge in [0.25, 0.3) is 11.6 Å². The van der Waals surface area contributed by atoms with Crippen molar-refractivity contribution in [3.63, 3.8) is 0 Å². The summed E-state index contributed by atoms with van der Waals surface area (Å²) in [6.45, 7) is 2.38. The van der Waals surface area contributed by atoms with Crippen LogP contribution < -0.4 is 10.1 Å². The van der Waals surface area contributed by atoms with Crippen LogP contribution in [0.4, 0.5) is 11.4 Å². The molecule has 1 aliphatic heterocycles. The van der Waals surface area contributed by atoms with E-state index < -0.39 is 10.8 Å². The number of anilines is 1. The van der Waals surface area contributed by atoms with E-state index in [4.69, 9.17) is 4.74 Å². The summed E-state index contributed by atoms with van der Waals surface area (Å²) >= 11 is 0. The molecule has 10 heteroatoms. The first kappa shape index (κ1) is 25.1. The molecule has 1 aliphatic rings. The number of likely N-dealkylation sites (tertiary alicyclic amines) is 1. The normalized spacial score (nSPS) is 14.2. The molecule has 1 aromatic heterocycles. The Morgan fingerprint density at radius 2 is 1.74 bits per heavy atom. The van der Waals surface area contributed by atoms with E-state index in [0.717, 1.165) is 42.8 Å². The third kappa shape index (κ3) is 6.22. The molecule has 194 valence electrons. The first-order chi connectivity index (χ1) is 18.4. The van der Waals surface area contributed by atoms with Crippen LogP contribution in [0.25, 0.3) is 11.1 Å². The Balaban J connectivity index is 1.16. The molecule has 0 bridgehead atoms. The maximum absolute atomic E-state index is 12.7. The zero-order valence-electron chi connectivity index (χ0n) is 21.0. The molecule has 10 nitrogen and oxygen atoms in total. The minimum absolute atomic E-state index is 0.000884. The third-order valence-corrected chi connectivity index (χ3v) is 6.54. The van der Waals surface area contributed by atoms with Crippen molar-refractivity contribution in [3.05, 3.63) is 100 Å². The van der Waals surface area contributed by atoms with Crippen LogP contribution in [-0.4, -0.2) is 57.0 Å². The van der Waals surface area contributed by atoms with Gasteiger partial charge in [-0.1, -0.05) is 41.6 Å². The molecule has 1 fully saturated rings. The van der Waals surface area contributed by atoms with E-state index in [0.29, 0.717) is 11.3 Å². The molecule has 38 heavy (non-hydrogen) atoms. The molecule has 0 unspecified atom stereocenters. The SMILES string of the molecule is CN1CCC(Oc2ccc(-c3ccc(NC(=O)c4cn(Cc5cccc([N+](=O)[O-])c5)nn4)cc3)cc2)CC1. The number of piperidine rings is 1. The van der Waals surface area contributed by atoms with Gasteiger partial charge in [-0.15, -0.1) is 5.10 Å². The summed E-state index contributed by atoms with van der Waals surface area (Å²) in [5.41, 5.74) is 3.56. The van der Waals surface area contributed by atoms with Gasteiger partial charge in [-0.05, 0) is 60.8 Å². The van der Waals surface area contributed by atoms with Crippen molar-refractivity contribution >= 4 is 17.3 Å². The number of nitrogens with one attached hydrogen (secondary N) is 1. The average Bonchev–Trinajstić information content (AvgIpc) is 3.40. The van der Waals surface area contributed by atoms with E-state index in [9.17, 15) is 14.9 Å². The number of amides is 1. The van der Waals surface area contributed by atoms with Crippen molar-refractivity contribution in [2.75, 3.05) is 25.5 Å². The lowest BCUT2D eigenvalue weighted by Crippen LogP contribution is -2.35. The Hall–Kier alpha value is -4.57. The molecule has 3 aromatic carbocycles. The van der Waals surface area contributed by atoms with Gasteiger partial charge in [0.2, 0.25) is 0 Å². The van der Waals surface area contributed by atoms with Gasteiger partial charge in [-0.3, -0.25) is 14.9 Å². The fourth-order valence-corrected chi connectivity index (χ4v) is 4.40. The van der Waals surface area contributed by atoms with Gasteiger partial charge < -0.3 is 15.0 Å². The summed E-state index contributed by atoms with van der Waals surface area (Å²) in [6, 6.07) is 21.9. The van der Waals surface area contributed by atoms with E-state index in [1.165, 1.54) is 23.0 Å². The highest BCUT2D eigenvalue weighted by atomic mass is 16.6. The van der Waals surface area contributed by atoms with Gasteiger partial charge in [0.15, 0.2) is 5.69 Å². The van der Waals surface area contributed by atoms with Crippen molar-refractivity contribution in [1.82, 2.24) is 19.9 Å². The number of hydrogen-bond donors (Lipinski definition) is 1. The zero-order chi connectivity index (χ0) is 26.5. The highest BCUT2D eigenvalue weighted by Gasteiger charge is 2.18. The van der Waals surface area contributed by atoms with Crippen LogP contribution in [-0.2, 0) is 6.54 Å². The number of non-ortho nitro benzene ring substituents is 1. The van der Waals surface area contributed by atoms with Gasteiger partial charge in [-0.2, -0.15) is 0 Å². The van der Waals surface area contributed by atoms with Crippen molar-refractivity contribution in [2.45, 2.75) is 25.5 Å². The maximum atomic E-state index is 12.7. The molecular formula is C28H28N6O4. The Labute approximate surface area is 220 Å². The van der Waals surface area contributed by atoms with Gasteiger partial charge in [-0.25, -0.2) is 4.68 Å². The number of carbonyl (C=O) groups excluding carboxylic acids is 1. The molecule has 0 radical (unpaired) electrons. The predicted molar refractivity (Wildman–Crippen MR) is 143 cm³/mol. The minimum atomic E-state index is -0.449. The summed E-state index contributed by atoms with van der Waals surface area (Å²) < 4.78 is 7.60. The Kier molecular flexibility index (Phi) is 7.41. The summed E-state index contributed by atoms with van der Waals surface area (Å²) in [4.78, 5) is 25.5. The third-order valence-electron chi connectivity index (χ3n) is 6.54. The number of hydrogen-bond acceptors (Lipinski definition) is 7. The number of nitrogens with zero attached hydrogens (tertiary/aromatic N) is 5. The van der Waals surface area contributed by atoms with Crippen LogP contribution in [0, 0.1) is 10.1 Å². The van der Waals surface area contributed by atoms with E-state index in [1.807, 2.05) is 48.5 Å². The second-order valence-corrected chi connectivity index (χ2v) is 9.40. The predicted octanol–water partition coefficient (Wildman–Crippen LogP) is 4.63. The molecule has 2 heterocycles. The van der Waals surface area contributed by atoms with E-state index in [-0.39, 0.29) is 24.0 Å². The molecular weight excluding hydrogens is 484 g/mol. The molecule has 1 saturated heterocycles. The van der Waals surface area contributed by atoms with E-state index in [2.05, 4.69) is 27.6 Å². The second kappa shape index (κ2) is 11.2. The van der Waals surface area contributed by atoms with Crippen LogP contribution in [0.1, 0.15) is 28.9 Å². The number of nitro benzene ring substituents is 1. The molecule has 5 rings (SSSR count). The van der Waals surface area contributed by atoms with Crippen molar-refractivity contribution in [1.29, 1.82) is 0 Å².